The first-order valence-electron chi connectivity index (χ1n) is 7.72. The van der Waals surface area contributed by atoms with Gasteiger partial charge in [-0.3, -0.25) is 14.9 Å². The molecule has 0 aromatic heterocycles. The molecule has 2 aromatic carbocycles. The van der Waals surface area contributed by atoms with Crippen molar-refractivity contribution in [2.45, 2.75) is 6.92 Å². The number of methoxy groups -OCH3 is 1. The van der Waals surface area contributed by atoms with E-state index in [0.717, 1.165) is 0 Å². The topological polar surface area (TPSA) is 64.6 Å². The summed E-state index contributed by atoms with van der Waals surface area (Å²) in [5, 5.41) is 2.72. The number of amides is 2. The second-order valence-corrected chi connectivity index (χ2v) is 5.76. The number of ether oxygens (including phenoxy) is 2. The van der Waals surface area contributed by atoms with E-state index in [1.807, 2.05) is 6.92 Å². The second kappa shape index (κ2) is 6.99. The normalized spacial score (nSPS) is 14.9. The van der Waals surface area contributed by atoms with Crippen molar-refractivity contribution in [2.75, 3.05) is 13.7 Å². The average molecular weight is 358 g/mol. The number of rotatable bonds is 4. The van der Waals surface area contributed by atoms with Crippen molar-refractivity contribution in [3.8, 4) is 11.5 Å². The maximum absolute atomic E-state index is 12.3. The van der Waals surface area contributed by atoms with Gasteiger partial charge in [0.1, 0.15) is 0 Å². The summed E-state index contributed by atoms with van der Waals surface area (Å²) in [6, 6.07) is 10.4. The van der Waals surface area contributed by atoms with Crippen LogP contribution in [0.2, 0.25) is 5.02 Å². The summed E-state index contributed by atoms with van der Waals surface area (Å²) in [6.07, 6.45) is 1.68. The zero-order valence-electron chi connectivity index (χ0n) is 13.8. The minimum Gasteiger partial charge on any atom is -0.491 e. The third-order valence-electron chi connectivity index (χ3n) is 3.78. The van der Waals surface area contributed by atoms with E-state index in [9.17, 15) is 9.59 Å². The van der Waals surface area contributed by atoms with Crippen LogP contribution in [0.4, 0.5) is 0 Å². The summed E-state index contributed by atoms with van der Waals surface area (Å²) in [5.41, 5.74) is 2.10. The second-order valence-electron chi connectivity index (χ2n) is 5.35. The molecule has 6 heteroatoms. The van der Waals surface area contributed by atoms with Crippen LogP contribution < -0.4 is 14.8 Å². The van der Waals surface area contributed by atoms with Gasteiger partial charge >= 0.3 is 0 Å². The van der Waals surface area contributed by atoms with E-state index >= 15 is 0 Å². The Morgan fingerprint density at radius 1 is 1.12 bits per heavy atom. The molecule has 0 unspecified atom stereocenters. The molecule has 0 atom stereocenters. The van der Waals surface area contributed by atoms with Gasteiger partial charge in [0.15, 0.2) is 11.5 Å². The lowest BCUT2D eigenvalue weighted by Gasteiger charge is -2.18. The average Bonchev–Trinajstić information content (AvgIpc) is 2.59. The fourth-order valence-corrected chi connectivity index (χ4v) is 3.01. The highest BCUT2D eigenvalue weighted by Crippen LogP contribution is 2.37. The molecule has 0 saturated heterocycles. The van der Waals surface area contributed by atoms with Gasteiger partial charge in [-0.1, -0.05) is 29.8 Å². The Morgan fingerprint density at radius 2 is 1.84 bits per heavy atom. The summed E-state index contributed by atoms with van der Waals surface area (Å²) < 4.78 is 10.8. The zero-order valence-corrected chi connectivity index (χ0v) is 14.5. The molecular weight excluding hydrogens is 342 g/mol. The lowest BCUT2D eigenvalue weighted by molar-refractivity contribution is -0.114. The fraction of sp³-hybridized carbons (Fsp3) is 0.158. The summed E-state index contributed by atoms with van der Waals surface area (Å²) >= 11 is 6.26. The lowest BCUT2D eigenvalue weighted by Crippen LogP contribution is -2.36. The lowest BCUT2D eigenvalue weighted by atomic mass is 9.93. The van der Waals surface area contributed by atoms with Gasteiger partial charge in [0.25, 0.3) is 11.8 Å². The predicted octanol–water partition coefficient (Wildman–Crippen LogP) is 3.56. The molecule has 5 nitrogen and oxygen atoms in total. The Morgan fingerprint density at radius 3 is 2.52 bits per heavy atom. The molecule has 2 aromatic rings. The maximum Gasteiger partial charge on any atom is 0.258 e. The number of carbonyl (C=O) groups excluding carboxylic acids is 2. The van der Waals surface area contributed by atoms with Gasteiger partial charge in [-0.2, -0.15) is 0 Å². The van der Waals surface area contributed by atoms with Gasteiger partial charge in [-0.05, 0) is 42.3 Å². The van der Waals surface area contributed by atoms with Crippen molar-refractivity contribution in [3.63, 3.8) is 0 Å². The molecule has 0 bridgehead atoms. The molecule has 0 aliphatic carbocycles. The highest BCUT2D eigenvalue weighted by atomic mass is 35.5. The Balaban J connectivity index is 2.13. The highest BCUT2D eigenvalue weighted by Gasteiger charge is 2.26. The third-order valence-corrected chi connectivity index (χ3v) is 4.06. The molecule has 0 radical (unpaired) electrons. The fourth-order valence-electron chi connectivity index (χ4n) is 2.72. The first kappa shape index (κ1) is 17.0. The number of nitrogens with one attached hydrogen (secondary N) is 1. The van der Waals surface area contributed by atoms with Crippen LogP contribution in [0.5, 0.6) is 11.5 Å². The first-order valence-corrected chi connectivity index (χ1v) is 8.10. The van der Waals surface area contributed by atoms with Crippen LogP contribution in [0, 0.1) is 0 Å². The molecule has 1 aliphatic rings. The zero-order chi connectivity index (χ0) is 18.0. The first-order chi connectivity index (χ1) is 12.0. The number of carbonyl (C=O) groups is 2. The molecule has 0 saturated carbocycles. The monoisotopic (exact) mass is 357 g/mol. The molecule has 128 valence electrons. The molecule has 2 amide bonds. The third kappa shape index (κ3) is 3.23. The highest BCUT2D eigenvalue weighted by molar-refractivity contribution is 6.34. The number of fused-ring (bicyclic) bond motifs is 1. The number of benzene rings is 2. The van der Waals surface area contributed by atoms with Crippen molar-refractivity contribution in [1.82, 2.24) is 5.32 Å². The van der Waals surface area contributed by atoms with E-state index in [-0.39, 0.29) is 0 Å². The van der Waals surface area contributed by atoms with Gasteiger partial charge in [-0.15, -0.1) is 0 Å². The summed E-state index contributed by atoms with van der Waals surface area (Å²) in [4.78, 5) is 24.3. The van der Waals surface area contributed by atoms with E-state index in [0.29, 0.717) is 45.4 Å². The molecule has 0 spiro atoms. The predicted molar refractivity (Wildman–Crippen MR) is 96.0 cm³/mol. The largest absolute Gasteiger partial charge is 0.491 e. The summed E-state index contributed by atoms with van der Waals surface area (Å²) in [5.74, 6) is 0.0772. The Kier molecular flexibility index (Phi) is 4.76. The van der Waals surface area contributed by atoms with E-state index in [1.165, 1.54) is 7.11 Å². The van der Waals surface area contributed by atoms with Gasteiger partial charge in [0, 0.05) is 11.1 Å². The number of imide groups is 1. The van der Waals surface area contributed by atoms with Gasteiger partial charge < -0.3 is 9.47 Å². The van der Waals surface area contributed by atoms with Gasteiger partial charge in [0.2, 0.25) is 0 Å². The van der Waals surface area contributed by atoms with Gasteiger partial charge in [-0.25, -0.2) is 0 Å². The van der Waals surface area contributed by atoms with Gasteiger partial charge in [0.05, 0.1) is 18.7 Å². The van der Waals surface area contributed by atoms with E-state index in [1.54, 1.807) is 42.5 Å². The van der Waals surface area contributed by atoms with Crippen LogP contribution in [0.25, 0.3) is 11.6 Å². The van der Waals surface area contributed by atoms with E-state index in [4.69, 9.17) is 21.1 Å². The quantitative estimate of drug-likeness (QED) is 0.671. The van der Waals surface area contributed by atoms with E-state index < -0.39 is 11.8 Å². The molecule has 0 fully saturated rings. The van der Waals surface area contributed by atoms with Crippen LogP contribution >= 0.6 is 11.6 Å². The Labute approximate surface area is 150 Å². The number of halogens is 1. The minimum atomic E-state index is -0.450. The van der Waals surface area contributed by atoms with E-state index in [2.05, 4.69) is 5.32 Å². The van der Waals surface area contributed by atoms with Crippen LogP contribution in [0.1, 0.15) is 28.4 Å². The van der Waals surface area contributed by atoms with Crippen LogP contribution in [-0.2, 0) is 4.79 Å². The molecule has 1 N–H and O–H groups in total. The maximum atomic E-state index is 12.3. The molecule has 1 aliphatic heterocycles. The van der Waals surface area contributed by atoms with Crippen molar-refractivity contribution >= 4 is 35.1 Å². The molecular formula is C19H16ClNO4. The minimum absolute atomic E-state index is 0.376. The number of hydrogen-bond donors (Lipinski definition) is 1. The Bertz CT molecular complexity index is 889. The van der Waals surface area contributed by atoms with Crippen LogP contribution in [0.15, 0.2) is 36.4 Å². The molecule has 25 heavy (non-hydrogen) atoms. The molecule has 1 heterocycles. The van der Waals surface area contributed by atoms with Crippen molar-refractivity contribution in [1.29, 1.82) is 0 Å². The van der Waals surface area contributed by atoms with Crippen molar-refractivity contribution in [2.24, 2.45) is 0 Å². The molecule has 3 rings (SSSR count). The van der Waals surface area contributed by atoms with Crippen molar-refractivity contribution < 1.29 is 19.1 Å². The van der Waals surface area contributed by atoms with Crippen LogP contribution in [0.3, 0.4) is 0 Å². The SMILES string of the molecule is CCOc1cc(C=C2C(=O)NC(=O)c3ccccc32)cc(Cl)c1OC. The van der Waals surface area contributed by atoms with Crippen LogP contribution in [-0.4, -0.2) is 25.5 Å². The smallest absolute Gasteiger partial charge is 0.258 e. The number of hydrogen-bond acceptors (Lipinski definition) is 4. The Hall–Kier alpha value is -2.79. The standard InChI is InChI=1S/C19H16ClNO4/c1-3-25-16-10-11(9-15(20)17(16)24-2)8-14-12-6-4-5-7-13(12)18(22)21-19(14)23/h4-10H,3H2,1-2H3,(H,21,22,23). The summed E-state index contributed by atoms with van der Waals surface area (Å²) in [7, 11) is 1.51. The summed E-state index contributed by atoms with van der Waals surface area (Å²) in [6.45, 7) is 2.31. The van der Waals surface area contributed by atoms with Crippen molar-refractivity contribution in [3.05, 3.63) is 58.1 Å².